The van der Waals surface area contributed by atoms with Crippen molar-refractivity contribution in [2.24, 2.45) is 0 Å². The van der Waals surface area contributed by atoms with Crippen molar-refractivity contribution in [1.82, 2.24) is 4.98 Å². The van der Waals surface area contributed by atoms with E-state index >= 15 is 0 Å². The highest BCUT2D eigenvalue weighted by Gasteiger charge is 2.18. The highest BCUT2D eigenvalue weighted by Crippen LogP contribution is 2.33. The van der Waals surface area contributed by atoms with Crippen molar-refractivity contribution < 1.29 is 13.0 Å². The van der Waals surface area contributed by atoms with E-state index in [1.54, 1.807) is 18.2 Å². The molecule has 6 heteroatoms. The molecule has 0 bridgehead atoms. The molecule has 1 heterocycles. The van der Waals surface area contributed by atoms with Gasteiger partial charge in [-0.15, -0.1) is 11.3 Å². The van der Waals surface area contributed by atoms with Gasteiger partial charge in [0.05, 0.1) is 10.2 Å². The molecule has 0 radical (unpaired) electrons. The molecule has 0 aliphatic rings. The lowest BCUT2D eigenvalue weighted by atomic mass is 10.2. The zero-order valence-electron chi connectivity index (χ0n) is 9.65. The van der Waals surface area contributed by atoms with Gasteiger partial charge < -0.3 is 0 Å². The fraction of sp³-hybridized carbons (Fsp3) is 0. The largest absolute Gasteiger partial charge is 0.295 e. The number of rotatable bonds is 2. The maximum absolute atomic E-state index is 11.4. The zero-order chi connectivity index (χ0) is 13.5. The van der Waals surface area contributed by atoms with Crippen molar-refractivity contribution in [3.63, 3.8) is 0 Å². The van der Waals surface area contributed by atoms with Crippen molar-refractivity contribution in [2.75, 3.05) is 0 Å². The van der Waals surface area contributed by atoms with E-state index in [0.29, 0.717) is 10.6 Å². The lowest BCUT2D eigenvalue weighted by Gasteiger charge is -2.02. The van der Waals surface area contributed by atoms with E-state index in [1.807, 2.05) is 24.3 Å². The quantitative estimate of drug-likeness (QED) is 0.736. The van der Waals surface area contributed by atoms with E-state index in [2.05, 4.69) is 4.98 Å². The molecule has 0 unspecified atom stereocenters. The number of aromatic nitrogens is 1. The number of para-hydroxylation sites is 1. The third-order valence-corrected chi connectivity index (χ3v) is 4.67. The number of hydrogen-bond donors (Lipinski definition) is 1. The van der Waals surface area contributed by atoms with Gasteiger partial charge in [0.2, 0.25) is 0 Å². The average molecular weight is 291 g/mol. The summed E-state index contributed by atoms with van der Waals surface area (Å²) in [5.41, 5.74) is 1.24. The van der Waals surface area contributed by atoms with Crippen LogP contribution < -0.4 is 0 Å². The van der Waals surface area contributed by atoms with Gasteiger partial charge in [-0.25, -0.2) is 4.98 Å². The van der Waals surface area contributed by atoms with Crippen LogP contribution in [0.5, 0.6) is 0 Å². The van der Waals surface area contributed by atoms with E-state index in [9.17, 15) is 13.0 Å². The van der Waals surface area contributed by atoms with Crippen molar-refractivity contribution in [2.45, 2.75) is 4.90 Å². The molecule has 0 fully saturated rings. The van der Waals surface area contributed by atoms with Crippen LogP contribution in [0.2, 0.25) is 0 Å². The molecule has 1 aromatic heterocycles. The minimum Gasteiger partial charge on any atom is -0.282 e. The maximum atomic E-state index is 11.4. The van der Waals surface area contributed by atoms with E-state index in [-0.39, 0.29) is 4.90 Å². The smallest absolute Gasteiger partial charge is 0.282 e. The summed E-state index contributed by atoms with van der Waals surface area (Å²) in [5, 5.41) is 0.578. The molecular formula is C13H9NO3S2. The van der Waals surface area contributed by atoms with Crippen LogP contribution >= 0.6 is 11.3 Å². The first-order chi connectivity index (χ1) is 9.05. The molecule has 2 aromatic carbocycles. The SMILES string of the molecule is O=S(=O)(O)c1ccccc1-c1nc2ccccc2s1. The number of nitrogens with zero attached hydrogens (tertiary/aromatic N) is 1. The van der Waals surface area contributed by atoms with Crippen molar-refractivity contribution in [1.29, 1.82) is 0 Å². The van der Waals surface area contributed by atoms with Gasteiger partial charge in [-0.1, -0.05) is 30.3 Å². The molecule has 3 aromatic rings. The summed E-state index contributed by atoms with van der Waals surface area (Å²) in [5.74, 6) is 0. The number of thiazole rings is 1. The summed E-state index contributed by atoms with van der Waals surface area (Å²) in [7, 11) is -4.25. The van der Waals surface area contributed by atoms with Gasteiger partial charge in [0.15, 0.2) is 0 Å². The first kappa shape index (κ1) is 12.3. The Balaban J connectivity index is 2.27. The predicted molar refractivity (Wildman–Crippen MR) is 74.9 cm³/mol. The third-order valence-electron chi connectivity index (χ3n) is 2.69. The lowest BCUT2D eigenvalue weighted by molar-refractivity contribution is 0.483. The van der Waals surface area contributed by atoms with E-state index in [4.69, 9.17) is 0 Å². The molecule has 96 valence electrons. The summed E-state index contributed by atoms with van der Waals surface area (Å²) in [6.45, 7) is 0. The molecule has 0 aliphatic heterocycles. The Kier molecular flexibility index (Phi) is 2.85. The summed E-state index contributed by atoms with van der Waals surface area (Å²) in [6.07, 6.45) is 0. The highest BCUT2D eigenvalue weighted by molar-refractivity contribution is 7.86. The van der Waals surface area contributed by atoms with Crippen molar-refractivity contribution in [3.8, 4) is 10.6 Å². The Morgan fingerprint density at radius 3 is 2.42 bits per heavy atom. The summed E-state index contributed by atoms with van der Waals surface area (Å²) in [4.78, 5) is 4.28. The molecule has 0 atom stereocenters. The van der Waals surface area contributed by atoms with Gasteiger partial charge >= 0.3 is 0 Å². The lowest BCUT2D eigenvalue weighted by Crippen LogP contribution is -2.00. The molecular weight excluding hydrogens is 282 g/mol. The Morgan fingerprint density at radius 1 is 1.00 bits per heavy atom. The van der Waals surface area contributed by atoms with E-state index in [0.717, 1.165) is 10.2 Å². The van der Waals surface area contributed by atoms with E-state index < -0.39 is 10.1 Å². The molecule has 0 saturated heterocycles. The second-order valence-corrected chi connectivity index (χ2v) is 6.38. The summed E-state index contributed by atoms with van der Waals surface area (Å²) < 4.78 is 33.0. The molecule has 0 amide bonds. The molecule has 0 spiro atoms. The van der Waals surface area contributed by atoms with Crippen LogP contribution in [0, 0.1) is 0 Å². The molecule has 0 aliphatic carbocycles. The van der Waals surface area contributed by atoms with Crippen LogP contribution in [-0.4, -0.2) is 18.0 Å². The second-order valence-electron chi connectivity index (χ2n) is 3.96. The molecule has 0 saturated carbocycles. The fourth-order valence-electron chi connectivity index (χ4n) is 1.86. The van der Waals surface area contributed by atoms with Gasteiger partial charge in [0.25, 0.3) is 10.1 Å². The predicted octanol–water partition coefficient (Wildman–Crippen LogP) is 3.21. The topological polar surface area (TPSA) is 67.3 Å². The third kappa shape index (κ3) is 2.25. The minimum absolute atomic E-state index is 0.117. The monoisotopic (exact) mass is 291 g/mol. The van der Waals surface area contributed by atoms with Gasteiger partial charge in [-0.3, -0.25) is 4.55 Å². The van der Waals surface area contributed by atoms with Crippen LogP contribution in [0.1, 0.15) is 0 Å². The van der Waals surface area contributed by atoms with Gasteiger partial charge in [-0.2, -0.15) is 8.42 Å². The van der Waals surface area contributed by atoms with Crippen LogP contribution in [0.3, 0.4) is 0 Å². The van der Waals surface area contributed by atoms with Crippen molar-refractivity contribution >= 4 is 31.7 Å². The molecule has 19 heavy (non-hydrogen) atoms. The second kappa shape index (κ2) is 4.41. The van der Waals surface area contributed by atoms with Crippen LogP contribution in [0.25, 0.3) is 20.8 Å². The van der Waals surface area contributed by atoms with Crippen LogP contribution in [0.15, 0.2) is 53.4 Å². The maximum Gasteiger partial charge on any atom is 0.295 e. The molecule has 4 nitrogen and oxygen atoms in total. The van der Waals surface area contributed by atoms with Gasteiger partial charge in [-0.05, 0) is 18.2 Å². The Hall–Kier alpha value is -1.76. The normalized spacial score (nSPS) is 11.8. The van der Waals surface area contributed by atoms with Gasteiger partial charge in [0.1, 0.15) is 9.90 Å². The number of benzene rings is 2. The Morgan fingerprint density at radius 2 is 1.68 bits per heavy atom. The van der Waals surface area contributed by atoms with Crippen molar-refractivity contribution in [3.05, 3.63) is 48.5 Å². The zero-order valence-corrected chi connectivity index (χ0v) is 11.3. The van der Waals surface area contributed by atoms with Crippen LogP contribution in [-0.2, 0) is 10.1 Å². The molecule has 1 N–H and O–H groups in total. The number of fused-ring (bicyclic) bond motifs is 1. The fourth-order valence-corrected chi connectivity index (χ4v) is 3.62. The molecule has 3 rings (SSSR count). The Bertz CT molecular complexity index is 820. The van der Waals surface area contributed by atoms with Crippen LogP contribution in [0.4, 0.5) is 0 Å². The van der Waals surface area contributed by atoms with E-state index in [1.165, 1.54) is 17.4 Å². The minimum atomic E-state index is -4.25. The highest BCUT2D eigenvalue weighted by atomic mass is 32.2. The Labute approximate surface area is 114 Å². The standard InChI is InChI=1S/C13H9NO3S2/c15-19(16,17)12-8-4-1-5-9(12)13-14-10-6-2-3-7-11(10)18-13/h1-8H,(H,15,16,17). The average Bonchev–Trinajstić information content (AvgIpc) is 2.81. The van der Waals surface area contributed by atoms with Gasteiger partial charge in [0, 0.05) is 5.56 Å². The first-order valence-corrected chi connectivity index (χ1v) is 7.74. The summed E-state index contributed by atoms with van der Waals surface area (Å²) >= 11 is 1.39. The first-order valence-electron chi connectivity index (χ1n) is 5.48. The summed E-state index contributed by atoms with van der Waals surface area (Å²) in [6, 6.07) is 13.9. The number of hydrogen-bond acceptors (Lipinski definition) is 4.